The maximum Gasteiger partial charge on any atom is 0.324 e. The van der Waals surface area contributed by atoms with Gasteiger partial charge in [0.2, 0.25) is 10.0 Å². The van der Waals surface area contributed by atoms with E-state index in [1.807, 2.05) is 0 Å². The lowest BCUT2D eigenvalue weighted by atomic mass is 9.91. The van der Waals surface area contributed by atoms with E-state index in [9.17, 15) is 13.2 Å². The number of carbonyl (C=O) groups is 1. The minimum atomic E-state index is -3.90. The number of hydrogen-bond donors (Lipinski definition) is 3. The number of allylic oxidation sites excluding steroid dienone is 1. The van der Waals surface area contributed by atoms with E-state index in [0.717, 1.165) is 5.01 Å². The van der Waals surface area contributed by atoms with Gasteiger partial charge in [-0.1, -0.05) is 35.9 Å². The van der Waals surface area contributed by atoms with Crippen LogP contribution in [0.25, 0.3) is 0 Å². The van der Waals surface area contributed by atoms with E-state index in [-0.39, 0.29) is 14.9 Å². The predicted molar refractivity (Wildman–Crippen MR) is 100 cm³/mol. The van der Waals surface area contributed by atoms with E-state index in [1.54, 1.807) is 0 Å². The molecule has 1 aliphatic carbocycles. The number of nitrogens with two attached hydrogens (primary N) is 1. The van der Waals surface area contributed by atoms with Crippen molar-refractivity contribution in [2.75, 3.05) is 6.54 Å². The molecule has 0 saturated carbocycles. The molecule has 4 N–H and O–H groups in total. The average molecular weight is 420 g/mol. The van der Waals surface area contributed by atoms with Gasteiger partial charge >= 0.3 is 5.97 Å². The second-order valence-electron chi connectivity index (χ2n) is 5.80. The highest BCUT2D eigenvalue weighted by atomic mass is 35.5. The quantitative estimate of drug-likeness (QED) is 0.462. The van der Waals surface area contributed by atoms with Gasteiger partial charge in [-0.25, -0.2) is 19.0 Å². The molecule has 0 fully saturated rings. The first-order valence-electron chi connectivity index (χ1n) is 7.72. The minimum Gasteiger partial charge on any atom is -0.480 e. The Kier molecular flexibility index (Phi) is 6.70. The lowest BCUT2D eigenvalue weighted by Gasteiger charge is -2.31. The van der Waals surface area contributed by atoms with Crippen LogP contribution in [-0.4, -0.2) is 37.1 Å². The summed E-state index contributed by atoms with van der Waals surface area (Å²) in [5, 5.41) is 10.4. The number of rotatable bonds is 7. The number of halogens is 2. The zero-order valence-electron chi connectivity index (χ0n) is 13.8. The summed E-state index contributed by atoms with van der Waals surface area (Å²) in [5.74, 6) is 4.74. The lowest BCUT2D eigenvalue weighted by molar-refractivity contribution is -0.137. The van der Waals surface area contributed by atoms with Gasteiger partial charge in [-0.3, -0.25) is 4.79 Å². The van der Waals surface area contributed by atoms with Gasteiger partial charge in [0.15, 0.2) is 0 Å². The summed E-state index contributed by atoms with van der Waals surface area (Å²) < 4.78 is 28.0. The average Bonchev–Trinajstić information content (AvgIpc) is 2.52. The first-order chi connectivity index (χ1) is 12.1. The fourth-order valence-electron chi connectivity index (χ4n) is 2.85. The molecular weight excluding hydrogens is 401 g/mol. The number of hydrazine groups is 1. The fourth-order valence-corrected chi connectivity index (χ4v) is 4.82. The summed E-state index contributed by atoms with van der Waals surface area (Å²) in [6, 6.07) is 3.46. The standard InChI is InChI=1S/C16H19Cl2N3O4S/c1-2-13-14(4-3-5-15(13)21(19)9-16(22)23)20-26(24,25)12-7-10(17)6-11(18)8-12/h2,6-8,14,20H,1,3-5,9,19H2,(H,22,23). The van der Waals surface area contributed by atoms with Crippen molar-refractivity contribution in [2.45, 2.75) is 30.2 Å². The van der Waals surface area contributed by atoms with Crippen molar-refractivity contribution < 1.29 is 18.3 Å². The zero-order chi connectivity index (χ0) is 19.5. The van der Waals surface area contributed by atoms with E-state index in [2.05, 4.69) is 11.3 Å². The number of hydrogen-bond acceptors (Lipinski definition) is 5. The maximum absolute atomic E-state index is 12.7. The van der Waals surface area contributed by atoms with Crippen molar-refractivity contribution in [3.8, 4) is 0 Å². The molecule has 2 rings (SSSR count). The number of carboxylic acids is 1. The molecule has 0 radical (unpaired) electrons. The predicted octanol–water partition coefficient (Wildman–Crippen LogP) is 2.52. The number of sulfonamides is 1. The topological polar surface area (TPSA) is 113 Å². The van der Waals surface area contributed by atoms with Crippen LogP contribution < -0.4 is 10.6 Å². The Morgan fingerprint density at radius 2 is 2.00 bits per heavy atom. The van der Waals surface area contributed by atoms with Crippen molar-refractivity contribution in [1.82, 2.24) is 9.73 Å². The van der Waals surface area contributed by atoms with Gasteiger partial charge in [0.05, 0.1) is 4.90 Å². The number of nitrogens with one attached hydrogen (secondary N) is 1. The van der Waals surface area contributed by atoms with E-state index in [4.69, 9.17) is 34.2 Å². The van der Waals surface area contributed by atoms with Crippen molar-refractivity contribution in [2.24, 2.45) is 5.84 Å². The molecule has 10 heteroatoms. The van der Waals surface area contributed by atoms with Crippen LogP contribution in [0, 0.1) is 0 Å². The van der Waals surface area contributed by atoms with E-state index < -0.39 is 28.6 Å². The van der Waals surface area contributed by atoms with Crippen molar-refractivity contribution in [3.05, 3.63) is 52.2 Å². The molecule has 0 aliphatic heterocycles. The SMILES string of the molecule is C=CC1=C(N(N)CC(=O)O)CCCC1NS(=O)(=O)c1cc(Cl)cc(Cl)c1. The lowest BCUT2D eigenvalue weighted by Crippen LogP contribution is -2.43. The smallest absolute Gasteiger partial charge is 0.324 e. The van der Waals surface area contributed by atoms with Gasteiger partial charge in [-0.05, 0) is 43.0 Å². The van der Waals surface area contributed by atoms with Gasteiger partial charge in [0, 0.05) is 21.8 Å². The van der Waals surface area contributed by atoms with Crippen molar-refractivity contribution in [1.29, 1.82) is 0 Å². The van der Waals surface area contributed by atoms with Crippen LogP contribution in [0.2, 0.25) is 10.0 Å². The second kappa shape index (κ2) is 8.41. The van der Waals surface area contributed by atoms with Gasteiger partial charge in [0.25, 0.3) is 0 Å². The van der Waals surface area contributed by atoms with Gasteiger partial charge in [-0.2, -0.15) is 0 Å². The highest BCUT2D eigenvalue weighted by Crippen LogP contribution is 2.29. The molecule has 1 atom stereocenters. The molecule has 7 nitrogen and oxygen atoms in total. The summed E-state index contributed by atoms with van der Waals surface area (Å²) in [7, 11) is -3.90. The normalized spacial score (nSPS) is 17.9. The molecule has 1 aliphatic rings. The van der Waals surface area contributed by atoms with Gasteiger partial charge in [0.1, 0.15) is 6.54 Å². The molecule has 0 saturated heterocycles. The monoisotopic (exact) mass is 419 g/mol. The van der Waals surface area contributed by atoms with Crippen molar-refractivity contribution >= 4 is 39.2 Å². The Morgan fingerprint density at radius 1 is 1.38 bits per heavy atom. The Balaban J connectivity index is 2.34. The van der Waals surface area contributed by atoms with Crippen molar-refractivity contribution in [3.63, 3.8) is 0 Å². The molecular formula is C16H19Cl2N3O4S. The third kappa shape index (κ3) is 4.99. The zero-order valence-corrected chi connectivity index (χ0v) is 16.1. The number of aliphatic carboxylic acids is 1. The Hall–Kier alpha value is -1.58. The van der Waals surface area contributed by atoms with Crippen LogP contribution >= 0.6 is 23.2 Å². The molecule has 0 aromatic heterocycles. The molecule has 26 heavy (non-hydrogen) atoms. The summed E-state index contributed by atoms with van der Waals surface area (Å²) in [6.07, 6.45) is 3.20. The first-order valence-corrected chi connectivity index (χ1v) is 9.96. The number of nitrogens with zero attached hydrogens (tertiary/aromatic N) is 1. The highest BCUT2D eigenvalue weighted by molar-refractivity contribution is 7.89. The Labute approximate surface area is 162 Å². The van der Waals surface area contributed by atoms with Gasteiger partial charge in [-0.15, -0.1) is 0 Å². The summed E-state index contributed by atoms with van der Waals surface area (Å²) in [5.41, 5.74) is 1.10. The van der Waals surface area contributed by atoms with E-state index in [0.29, 0.717) is 30.5 Å². The molecule has 0 spiro atoms. The summed E-state index contributed by atoms with van der Waals surface area (Å²) >= 11 is 11.8. The van der Waals surface area contributed by atoms with Crippen LogP contribution in [0.15, 0.2) is 47.0 Å². The summed E-state index contributed by atoms with van der Waals surface area (Å²) in [4.78, 5) is 10.8. The molecule has 0 heterocycles. The molecule has 1 unspecified atom stereocenters. The van der Waals surface area contributed by atoms with Gasteiger partial charge < -0.3 is 10.1 Å². The third-order valence-electron chi connectivity index (χ3n) is 3.93. The van der Waals surface area contributed by atoms with Crippen LogP contribution in [0.5, 0.6) is 0 Å². The van der Waals surface area contributed by atoms with Crippen LogP contribution in [0.4, 0.5) is 0 Å². The molecule has 0 amide bonds. The fraction of sp³-hybridized carbons (Fsp3) is 0.312. The van der Waals surface area contributed by atoms with E-state index >= 15 is 0 Å². The van der Waals surface area contributed by atoms with Crippen LogP contribution in [0.3, 0.4) is 0 Å². The minimum absolute atomic E-state index is 0.0549. The second-order valence-corrected chi connectivity index (χ2v) is 8.39. The van der Waals surface area contributed by atoms with E-state index in [1.165, 1.54) is 24.3 Å². The molecule has 142 valence electrons. The Morgan fingerprint density at radius 3 is 2.54 bits per heavy atom. The maximum atomic E-state index is 12.7. The summed E-state index contributed by atoms with van der Waals surface area (Å²) in [6.45, 7) is 3.32. The third-order valence-corrected chi connectivity index (χ3v) is 5.82. The first kappa shape index (κ1) is 20.7. The molecule has 0 bridgehead atoms. The number of carboxylic acid groups (broad SMARTS) is 1. The molecule has 1 aromatic carbocycles. The Bertz CT molecular complexity index is 835. The largest absolute Gasteiger partial charge is 0.480 e. The molecule has 1 aromatic rings. The highest BCUT2D eigenvalue weighted by Gasteiger charge is 2.28. The number of benzene rings is 1. The van der Waals surface area contributed by atoms with Crippen LogP contribution in [0.1, 0.15) is 19.3 Å². The van der Waals surface area contributed by atoms with Crippen LogP contribution in [-0.2, 0) is 14.8 Å².